The molecule has 6 nitrogen and oxygen atoms in total. The standard InChI is InChI=1S/C13H19NO5S/c1-14(20(17,18)9-3-8-19-2)10-11-4-6-12(7-5-11)13(15)16/h4-7H,3,8-10H2,1-2H3,(H,15,16). The van der Waals surface area contributed by atoms with E-state index in [1.165, 1.54) is 30.6 Å². The fourth-order valence-corrected chi connectivity index (χ4v) is 2.79. The molecule has 0 heterocycles. The molecule has 0 amide bonds. The first-order valence-corrected chi connectivity index (χ1v) is 7.73. The van der Waals surface area contributed by atoms with Crippen molar-refractivity contribution in [3.8, 4) is 0 Å². The van der Waals surface area contributed by atoms with E-state index in [1.807, 2.05) is 0 Å². The summed E-state index contributed by atoms with van der Waals surface area (Å²) in [5.41, 5.74) is 0.923. The Labute approximate surface area is 119 Å². The second-order valence-electron chi connectivity index (χ2n) is 4.42. The van der Waals surface area contributed by atoms with E-state index in [0.717, 1.165) is 5.56 Å². The number of ether oxygens (including phenoxy) is 1. The van der Waals surface area contributed by atoms with Gasteiger partial charge in [0.1, 0.15) is 0 Å². The third-order valence-corrected chi connectivity index (χ3v) is 4.72. The number of carboxylic acids is 1. The fourth-order valence-electron chi connectivity index (χ4n) is 1.65. The molecule has 0 bridgehead atoms. The van der Waals surface area contributed by atoms with Gasteiger partial charge in [0.05, 0.1) is 11.3 Å². The Hall–Kier alpha value is -1.44. The molecular formula is C13H19NO5S. The first-order valence-electron chi connectivity index (χ1n) is 6.12. The summed E-state index contributed by atoms with van der Waals surface area (Å²) in [5, 5.41) is 8.79. The van der Waals surface area contributed by atoms with Gasteiger partial charge in [-0.3, -0.25) is 0 Å². The number of hydrogen-bond donors (Lipinski definition) is 1. The second kappa shape index (κ2) is 7.37. The summed E-state index contributed by atoms with van der Waals surface area (Å²) in [4.78, 5) is 10.7. The molecule has 0 fully saturated rings. The normalized spacial score (nSPS) is 11.8. The van der Waals surface area contributed by atoms with E-state index in [0.29, 0.717) is 13.0 Å². The number of nitrogens with zero attached hydrogens (tertiary/aromatic N) is 1. The Bertz CT molecular complexity index is 538. The molecular weight excluding hydrogens is 282 g/mol. The maximum absolute atomic E-state index is 12.0. The quantitative estimate of drug-likeness (QED) is 0.729. The van der Waals surface area contributed by atoms with Crippen molar-refractivity contribution in [2.24, 2.45) is 0 Å². The molecule has 0 spiro atoms. The minimum absolute atomic E-state index is 0.0323. The lowest BCUT2D eigenvalue weighted by atomic mass is 10.1. The molecule has 0 atom stereocenters. The Morgan fingerprint density at radius 2 is 1.90 bits per heavy atom. The molecule has 0 radical (unpaired) electrons. The van der Waals surface area contributed by atoms with Crippen molar-refractivity contribution in [3.05, 3.63) is 35.4 Å². The predicted molar refractivity (Wildman–Crippen MR) is 75.1 cm³/mol. The van der Waals surface area contributed by atoms with Gasteiger partial charge in [0.2, 0.25) is 10.0 Å². The monoisotopic (exact) mass is 301 g/mol. The molecule has 1 aromatic carbocycles. The Morgan fingerprint density at radius 3 is 2.40 bits per heavy atom. The molecule has 0 saturated carbocycles. The summed E-state index contributed by atoms with van der Waals surface area (Å²) in [6, 6.07) is 6.15. The number of sulfonamides is 1. The molecule has 20 heavy (non-hydrogen) atoms. The van der Waals surface area contributed by atoms with Gasteiger partial charge in [0, 0.05) is 27.3 Å². The lowest BCUT2D eigenvalue weighted by Gasteiger charge is -2.17. The van der Waals surface area contributed by atoms with Crippen LogP contribution in [0.3, 0.4) is 0 Å². The molecule has 0 saturated heterocycles. The van der Waals surface area contributed by atoms with Crippen LogP contribution in [0.4, 0.5) is 0 Å². The van der Waals surface area contributed by atoms with E-state index < -0.39 is 16.0 Å². The highest BCUT2D eigenvalue weighted by atomic mass is 32.2. The maximum atomic E-state index is 12.0. The Kier molecular flexibility index (Phi) is 6.12. The van der Waals surface area contributed by atoms with E-state index in [-0.39, 0.29) is 17.9 Å². The van der Waals surface area contributed by atoms with Gasteiger partial charge in [0.25, 0.3) is 0 Å². The minimum Gasteiger partial charge on any atom is -0.478 e. The average Bonchev–Trinajstić information content (AvgIpc) is 2.39. The smallest absolute Gasteiger partial charge is 0.335 e. The zero-order valence-electron chi connectivity index (χ0n) is 11.6. The lowest BCUT2D eigenvalue weighted by Crippen LogP contribution is -2.29. The van der Waals surface area contributed by atoms with Gasteiger partial charge >= 0.3 is 5.97 Å². The van der Waals surface area contributed by atoms with Crippen molar-refractivity contribution in [3.63, 3.8) is 0 Å². The van der Waals surface area contributed by atoms with Gasteiger partial charge in [-0.2, -0.15) is 0 Å². The van der Waals surface area contributed by atoms with Crippen LogP contribution in [-0.2, 0) is 21.3 Å². The fraction of sp³-hybridized carbons (Fsp3) is 0.462. The predicted octanol–water partition coefficient (Wildman–Crippen LogP) is 1.18. The third kappa shape index (κ3) is 4.92. The topological polar surface area (TPSA) is 83.9 Å². The van der Waals surface area contributed by atoms with E-state index in [9.17, 15) is 13.2 Å². The molecule has 1 N–H and O–H groups in total. The van der Waals surface area contributed by atoms with Gasteiger partial charge in [-0.15, -0.1) is 0 Å². The van der Waals surface area contributed by atoms with Crippen LogP contribution in [0.15, 0.2) is 24.3 Å². The molecule has 112 valence electrons. The van der Waals surface area contributed by atoms with Crippen LogP contribution in [0.1, 0.15) is 22.3 Å². The summed E-state index contributed by atoms with van der Waals surface area (Å²) < 4.78 is 30.0. The number of carboxylic acid groups (broad SMARTS) is 1. The number of rotatable bonds is 8. The molecule has 0 aliphatic heterocycles. The molecule has 1 rings (SSSR count). The first-order chi connectivity index (χ1) is 9.36. The van der Waals surface area contributed by atoms with Crippen molar-refractivity contribution in [1.29, 1.82) is 0 Å². The summed E-state index contributed by atoms with van der Waals surface area (Å²) in [6.07, 6.45) is 0.446. The molecule has 0 aromatic heterocycles. The highest BCUT2D eigenvalue weighted by Crippen LogP contribution is 2.10. The van der Waals surface area contributed by atoms with Crippen molar-refractivity contribution >= 4 is 16.0 Å². The first kappa shape index (κ1) is 16.6. The zero-order chi connectivity index (χ0) is 15.2. The number of benzene rings is 1. The summed E-state index contributed by atoms with van der Waals surface area (Å²) in [6.45, 7) is 0.621. The lowest BCUT2D eigenvalue weighted by molar-refractivity contribution is 0.0697. The van der Waals surface area contributed by atoms with Crippen LogP contribution in [0.25, 0.3) is 0 Å². The zero-order valence-corrected chi connectivity index (χ0v) is 12.4. The minimum atomic E-state index is -3.32. The summed E-state index contributed by atoms with van der Waals surface area (Å²) in [7, 11) is -0.285. The van der Waals surface area contributed by atoms with Gasteiger partial charge in [-0.25, -0.2) is 17.5 Å². The van der Waals surface area contributed by atoms with E-state index >= 15 is 0 Å². The van der Waals surface area contributed by atoms with E-state index in [2.05, 4.69) is 0 Å². The van der Waals surface area contributed by atoms with Crippen LogP contribution >= 0.6 is 0 Å². The second-order valence-corrected chi connectivity index (χ2v) is 6.62. The van der Waals surface area contributed by atoms with Crippen LogP contribution in [0.2, 0.25) is 0 Å². The molecule has 7 heteroatoms. The molecule has 0 aliphatic carbocycles. The van der Waals surface area contributed by atoms with Crippen molar-refractivity contribution in [2.75, 3.05) is 26.5 Å². The average molecular weight is 301 g/mol. The van der Waals surface area contributed by atoms with Crippen LogP contribution in [0, 0.1) is 0 Å². The van der Waals surface area contributed by atoms with Crippen molar-refractivity contribution in [2.45, 2.75) is 13.0 Å². The Balaban J connectivity index is 2.65. The van der Waals surface area contributed by atoms with Crippen LogP contribution in [0.5, 0.6) is 0 Å². The molecule has 1 aromatic rings. The molecule has 0 unspecified atom stereocenters. The third-order valence-electron chi connectivity index (χ3n) is 2.83. The van der Waals surface area contributed by atoms with Gasteiger partial charge < -0.3 is 9.84 Å². The number of methoxy groups -OCH3 is 1. The van der Waals surface area contributed by atoms with Crippen molar-refractivity contribution in [1.82, 2.24) is 4.31 Å². The van der Waals surface area contributed by atoms with E-state index in [4.69, 9.17) is 9.84 Å². The number of hydrogen-bond acceptors (Lipinski definition) is 4. The van der Waals surface area contributed by atoms with Crippen LogP contribution < -0.4 is 0 Å². The van der Waals surface area contributed by atoms with Gasteiger partial charge in [0.15, 0.2) is 0 Å². The highest BCUT2D eigenvalue weighted by molar-refractivity contribution is 7.89. The summed E-state index contributed by atoms with van der Waals surface area (Å²) in [5.74, 6) is -0.970. The largest absolute Gasteiger partial charge is 0.478 e. The number of carbonyl (C=O) groups is 1. The van der Waals surface area contributed by atoms with Crippen LogP contribution in [-0.4, -0.2) is 50.3 Å². The van der Waals surface area contributed by atoms with Crippen molar-refractivity contribution < 1.29 is 23.1 Å². The Morgan fingerprint density at radius 1 is 1.30 bits per heavy atom. The SMILES string of the molecule is COCCCS(=O)(=O)N(C)Cc1ccc(C(=O)O)cc1. The summed E-state index contributed by atoms with van der Waals surface area (Å²) >= 11 is 0. The van der Waals surface area contributed by atoms with Gasteiger partial charge in [-0.05, 0) is 24.1 Å². The molecule has 0 aliphatic rings. The maximum Gasteiger partial charge on any atom is 0.335 e. The van der Waals surface area contributed by atoms with E-state index in [1.54, 1.807) is 12.1 Å². The highest BCUT2D eigenvalue weighted by Gasteiger charge is 2.17. The number of aromatic carboxylic acids is 1. The van der Waals surface area contributed by atoms with Gasteiger partial charge in [-0.1, -0.05) is 12.1 Å².